The predicted octanol–water partition coefficient (Wildman–Crippen LogP) is 3.56. The number of aryl methyl sites for hydroxylation is 1. The van der Waals surface area contributed by atoms with Crippen molar-refractivity contribution in [1.29, 1.82) is 0 Å². The fourth-order valence-electron chi connectivity index (χ4n) is 5.09. The van der Waals surface area contributed by atoms with Crippen molar-refractivity contribution < 1.29 is 24.6 Å². The number of nitrogens with zero attached hydrogens (tertiary/aromatic N) is 2. The molecule has 4 rings (SSSR count). The number of hydrogen-bond acceptors (Lipinski definition) is 6. The number of amides is 3. The monoisotopic (exact) mass is 572 g/mol. The van der Waals surface area contributed by atoms with E-state index in [9.17, 15) is 24.6 Å². The molecule has 3 aromatic rings. The molecule has 0 aromatic heterocycles. The van der Waals surface area contributed by atoms with E-state index < -0.39 is 18.1 Å². The van der Waals surface area contributed by atoms with Crippen LogP contribution in [0.15, 0.2) is 72.8 Å². The van der Waals surface area contributed by atoms with E-state index in [-0.39, 0.29) is 35.2 Å². The van der Waals surface area contributed by atoms with Crippen LogP contribution >= 0.6 is 0 Å². The average molecular weight is 573 g/mol. The van der Waals surface area contributed by atoms with Gasteiger partial charge in [-0.2, -0.15) is 0 Å². The second-order valence-electron chi connectivity index (χ2n) is 10.6. The highest BCUT2D eigenvalue weighted by Crippen LogP contribution is 2.23. The van der Waals surface area contributed by atoms with Gasteiger partial charge in [-0.05, 0) is 67.1 Å². The Bertz CT molecular complexity index is 1370. The lowest BCUT2D eigenvalue weighted by Crippen LogP contribution is -2.53. The van der Waals surface area contributed by atoms with Crippen LogP contribution in [0, 0.1) is 0 Å². The molecule has 9 heteroatoms. The lowest BCUT2D eigenvalue weighted by molar-refractivity contribution is 0.0471. The third-order valence-electron chi connectivity index (χ3n) is 7.61. The van der Waals surface area contributed by atoms with Gasteiger partial charge in [0.05, 0.1) is 17.7 Å². The quantitative estimate of drug-likeness (QED) is 0.246. The van der Waals surface area contributed by atoms with Crippen LogP contribution in [0.5, 0.6) is 5.75 Å². The number of phenolic OH excluding ortho intramolecular Hbond substituents is 1. The molecule has 2 atom stereocenters. The molecule has 1 aliphatic rings. The number of carbonyl (C=O) groups excluding carboxylic acids is 3. The summed E-state index contributed by atoms with van der Waals surface area (Å²) in [6.07, 6.45) is 1.98. The maximum absolute atomic E-state index is 13.3. The summed E-state index contributed by atoms with van der Waals surface area (Å²) in [4.78, 5) is 40.7. The maximum atomic E-state index is 13.3. The first-order chi connectivity index (χ1) is 20.3. The molecule has 0 aliphatic carbocycles. The molecule has 3 aromatic carbocycles. The van der Waals surface area contributed by atoms with Crippen molar-refractivity contribution in [2.24, 2.45) is 0 Å². The third kappa shape index (κ3) is 7.96. The van der Waals surface area contributed by atoms with Gasteiger partial charge < -0.3 is 20.4 Å². The molecule has 1 saturated heterocycles. The smallest absolute Gasteiger partial charge is 0.265 e. The summed E-state index contributed by atoms with van der Waals surface area (Å²) in [5, 5.41) is 26.4. The van der Waals surface area contributed by atoms with Gasteiger partial charge in [-0.3, -0.25) is 19.8 Å². The molecule has 4 N–H and O–H groups in total. The average Bonchev–Trinajstić information content (AvgIpc) is 3.55. The Morgan fingerprint density at radius 2 is 1.57 bits per heavy atom. The second kappa shape index (κ2) is 14.6. The summed E-state index contributed by atoms with van der Waals surface area (Å²) in [5.41, 5.74) is 5.70. The number of phenols is 1. The first-order valence-electron chi connectivity index (χ1n) is 14.6. The van der Waals surface area contributed by atoms with Crippen LogP contribution in [0.2, 0.25) is 0 Å². The highest BCUT2D eigenvalue weighted by Gasteiger charge is 2.27. The van der Waals surface area contributed by atoms with E-state index in [0.29, 0.717) is 31.6 Å². The van der Waals surface area contributed by atoms with Gasteiger partial charge in [-0.15, -0.1) is 0 Å². The number of hydrazine groups is 1. The summed E-state index contributed by atoms with van der Waals surface area (Å²) < 4.78 is 0. The maximum Gasteiger partial charge on any atom is 0.265 e. The highest BCUT2D eigenvalue weighted by molar-refractivity contribution is 6.00. The Labute approximate surface area is 247 Å². The number of likely N-dealkylation sites (tertiary alicyclic amines) is 1. The van der Waals surface area contributed by atoms with Crippen LogP contribution in [-0.2, 0) is 12.8 Å². The van der Waals surface area contributed by atoms with Crippen LogP contribution in [0.1, 0.15) is 68.9 Å². The van der Waals surface area contributed by atoms with Crippen LogP contribution in [0.25, 0.3) is 0 Å². The van der Waals surface area contributed by atoms with Crippen molar-refractivity contribution in [3.63, 3.8) is 0 Å². The number of aliphatic hydroxyl groups is 1. The summed E-state index contributed by atoms with van der Waals surface area (Å²) >= 11 is 0. The number of benzene rings is 3. The van der Waals surface area contributed by atoms with Crippen molar-refractivity contribution in [1.82, 2.24) is 20.7 Å². The van der Waals surface area contributed by atoms with Crippen molar-refractivity contribution in [3.8, 4) is 5.75 Å². The van der Waals surface area contributed by atoms with E-state index >= 15 is 0 Å². The van der Waals surface area contributed by atoms with Gasteiger partial charge >= 0.3 is 0 Å². The topological polar surface area (TPSA) is 122 Å². The molecule has 0 saturated carbocycles. The highest BCUT2D eigenvalue weighted by atomic mass is 16.3. The van der Waals surface area contributed by atoms with Gasteiger partial charge in [0.25, 0.3) is 17.7 Å². The van der Waals surface area contributed by atoms with Gasteiger partial charge in [-0.1, -0.05) is 56.3 Å². The number of hydrogen-bond donors (Lipinski definition) is 4. The lowest BCUT2D eigenvalue weighted by atomic mass is 10.00. The molecule has 1 fully saturated rings. The SMILES string of the molecule is CCc1cccc(C(=O)NN(CC)CC(O)C(Cc2ccccc2)NC(=O)c2ccc(C(=O)N3CCCC3)c(O)c2)c1. The Hall–Kier alpha value is -4.21. The predicted molar refractivity (Wildman–Crippen MR) is 161 cm³/mol. The minimum Gasteiger partial charge on any atom is -0.507 e. The molecular formula is C33H40N4O5. The Morgan fingerprint density at radius 1 is 0.881 bits per heavy atom. The van der Waals surface area contributed by atoms with Crippen LogP contribution < -0.4 is 10.7 Å². The molecule has 2 unspecified atom stereocenters. The normalized spacial score (nSPS) is 14.4. The molecule has 3 amide bonds. The van der Waals surface area contributed by atoms with E-state index in [1.165, 1.54) is 18.2 Å². The van der Waals surface area contributed by atoms with E-state index in [4.69, 9.17) is 0 Å². The van der Waals surface area contributed by atoms with Crippen molar-refractivity contribution in [2.75, 3.05) is 26.2 Å². The Balaban J connectivity index is 1.47. The summed E-state index contributed by atoms with van der Waals surface area (Å²) in [7, 11) is 0. The minimum atomic E-state index is -1.04. The van der Waals surface area contributed by atoms with Crippen molar-refractivity contribution in [2.45, 2.75) is 51.7 Å². The summed E-state index contributed by atoms with van der Waals surface area (Å²) in [5.74, 6) is -1.28. The zero-order valence-corrected chi connectivity index (χ0v) is 24.3. The molecule has 9 nitrogen and oxygen atoms in total. The fourth-order valence-corrected chi connectivity index (χ4v) is 5.09. The number of rotatable bonds is 12. The zero-order chi connectivity index (χ0) is 30.1. The van der Waals surface area contributed by atoms with Crippen LogP contribution in [-0.4, -0.2) is 76.2 Å². The number of likely N-dealkylation sites (N-methyl/N-ethyl adjacent to an activating group) is 1. The third-order valence-corrected chi connectivity index (χ3v) is 7.61. The van der Waals surface area contributed by atoms with Gasteiger partial charge in [0.15, 0.2) is 0 Å². The number of carbonyl (C=O) groups is 3. The largest absolute Gasteiger partial charge is 0.507 e. The van der Waals surface area contributed by atoms with Gasteiger partial charge in [-0.25, -0.2) is 5.01 Å². The molecular weight excluding hydrogens is 532 g/mol. The first kappa shape index (κ1) is 30.7. The van der Waals surface area contributed by atoms with Gasteiger partial charge in [0.2, 0.25) is 0 Å². The lowest BCUT2D eigenvalue weighted by Gasteiger charge is -2.30. The van der Waals surface area contributed by atoms with E-state index in [1.54, 1.807) is 16.0 Å². The number of nitrogens with one attached hydrogen (secondary N) is 2. The molecule has 0 spiro atoms. The van der Waals surface area contributed by atoms with E-state index in [1.807, 2.05) is 62.4 Å². The standard InChI is InChI=1S/C33H40N4O5/c1-3-23-13-10-14-25(19-23)32(41)35-37(4-2)22-30(39)28(20-24-11-6-5-7-12-24)34-31(40)26-15-16-27(29(38)21-26)33(42)36-17-8-9-18-36/h5-7,10-16,19,21,28,30,38-39H,3-4,8-9,17-18,20,22H2,1-2H3,(H,34,40)(H,35,41). The molecule has 0 radical (unpaired) electrons. The van der Waals surface area contributed by atoms with Crippen molar-refractivity contribution in [3.05, 3.63) is 101 Å². The van der Waals surface area contributed by atoms with E-state index in [2.05, 4.69) is 10.7 Å². The van der Waals surface area contributed by atoms with E-state index in [0.717, 1.165) is 30.4 Å². The van der Waals surface area contributed by atoms with Crippen molar-refractivity contribution >= 4 is 17.7 Å². The van der Waals surface area contributed by atoms with Gasteiger partial charge in [0, 0.05) is 37.3 Å². The number of aromatic hydroxyl groups is 1. The van der Waals surface area contributed by atoms with Crippen LogP contribution in [0.3, 0.4) is 0 Å². The first-order valence-corrected chi connectivity index (χ1v) is 14.6. The molecule has 222 valence electrons. The Kier molecular flexibility index (Phi) is 10.7. The fraction of sp³-hybridized carbons (Fsp3) is 0.364. The number of aliphatic hydroxyl groups excluding tert-OH is 1. The molecule has 1 aliphatic heterocycles. The molecule has 0 bridgehead atoms. The Morgan fingerprint density at radius 3 is 2.24 bits per heavy atom. The molecule has 42 heavy (non-hydrogen) atoms. The second-order valence-corrected chi connectivity index (χ2v) is 10.6. The summed E-state index contributed by atoms with van der Waals surface area (Å²) in [6.45, 7) is 5.70. The van der Waals surface area contributed by atoms with Crippen LogP contribution in [0.4, 0.5) is 0 Å². The summed E-state index contributed by atoms with van der Waals surface area (Å²) in [6, 6.07) is 20.4. The zero-order valence-electron chi connectivity index (χ0n) is 24.3. The molecule has 1 heterocycles. The van der Waals surface area contributed by atoms with Gasteiger partial charge in [0.1, 0.15) is 5.75 Å². The minimum absolute atomic E-state index is 0.0714.